The van der Waals surface area contributed by atoms with Crippen molar-refractivity contribution in [2.45, 2.75) is 26.1 Å². The topological polar surface area (TPSA) is 89.2 Å². The van der Waals surface area contributed by atoms with Crippen LogP contribution in [0.1, 0.15) is 34.1 Å². The molecule has 198 valence electrons. The molecule has 4 aromatic rings. The smallest absolute Gasteiger partial charge is 0.296 e. The summed E-state index contributed by atoms with van der Waals surface area (Å²) < 4.78 is 31.3. The number of amides is 1. The van der Waals surface area contributed by atoms with Gasteiger partial charge in [-0.3, -0.25) is 9.59 Å². The molecule has 0 spiro atoms. The fraction of sp³-hybridized carbons (Fsp3) is 0.161. The number of carbonyl (C=O) groups is 2. The second-order valence-corrected chi connectivity index (χ2v) is 9.15. The second kappa shape index (κ2) is 10.9. The van der Waals surface area contributed by atoms with Gasteiger partial charge in [0.1, 0.15) is 23.9 Å². The first kappa shape index (κ1) is 25.8. The Kier molecular flexibility index (Phi) is 7.19. The van der Waals surface area contributed by atoms with Gasteiger partial charge in [-0.05, 0) is 53.9 Å². The SMILES string of the molecule is COc1cc(C2/C(=C(/O)c3ccc(C)c(F)c3)C(=O)C(=O)N2Cc2ccco2)ccc1OCc1ccccc1. The van der Waals surface area contributed by atoms with E-state index >= 15 is 0 Å². The molecule has 1 amide bonds. The summed E-state index contributed by atoms with van der Waals surface area (Å²) in [6.45, 7) is 1.89. The van der Waals surface area contributed by atoms with E-state index in [1.807, 2.05) is 30.3 Å². The zero-order valence-electron chi connectivity index (χ0n) is 21.4. The van der Waals surface area contributed by atoms with E-state index in [0.29, 0.717) is 35.0 Å². The van der Waals surface area contributed by atoms with Crippen LogP contribution in [-0.4, -0.2) is 28.8 Å². The van der Waals surface area contributed by atoms with Gasteiger partial charge in [-0.15, -0.1) is 0 Å². The average Bonchev–Trinajstić information content (AvgIpc) is 3.56. The minimum Gasteiger partial charge on any atom is -0.507 e. The molecule has 7 nitrogen and oxygen atoms in total. The van der Waals surface area contributed by atoms with Crippen molar-refractivity contribution in [2.24, 2.45) is 0 Å². The highest BCUT2D eigenvalue weighted by atomic mass is 19.1. The van der Waals surface area contributed by atoms with E-state index in [2.05, 4.69) is 0 Å². The lowest BCUT2D eigenvalue weighted by Crippen LogP contribution is -2.29. The molecule has 0 bridgehead atoms. The molecule has 39 heavy (non-hydrogen) atoms. The maximum atomic E-state index is 14.3. The first-order valence-corrected chi connectivity index (χ1v) is 12.3. The Hall–Kier alpha value is -4.85. The largest absolute Gasteiger partial charge is 0.507 e. The minimum absolute atomic E-state index is 0.0180. The van der Waals surface area contributed by atoms with E-state index in [1.165, 1.54) is 30.4 Å². The number of rotatable bonds is 8. The monoisotopic (exact) mass is 527 g/mol. The molecule has 1 N–H and O–H groups in total. The fourth-order valence-electron chi connectivity index (χ4n) is 4.56. The number of aliphatic hydroxyl groups is 1. The molecule has 0 radical (unpaired) electrons. The summed E-state index contributed by atoms with van der Waals surface area (Å²) in [5.74, 6) is -1.40. The Labute approximate surface area is 224 Å². The van der Waals surface area contributed by atoms with Crippen molar-refractivity contribution in [3.63, 3.8) is 0 Å². The average molecular weight is 528 g/mol. The highest BCUT2D eigenvalue weighted by molar-refractivity contribution is 6.46. The normalized spacial score (nSPS) is 16.5. The lowest BCUT2D eigenvalue weighted by atomic mass is 9.94. The third kappa shape index (κ3) is 5.13. The van der Waals surface area contributed by atoms with Gasteiger partial charge in [0.25, 0.3) is 11.7 Å². The molecule has 5 rings (SSSR count). The van der Waals surface area contributed by atoms with Crippen LogP contribution in [0, 0.1) is 12.7 Å². The van der Waals surface area contributed by atoms with Gasteiger partial charge < -0.3 is 23.9 Å². The van der Waals surface area contributed by atoms with Gasteiger partial charge in [0.05, 0.1) is 31.5 Å². The maximum absolute atomic E-state index is 14.3. The number of halogens is 1. The minimum atomic E-state index is -0.989. The lowest BCUT2D eigenvalue weighted by molar-refractivity contribution is -0.140. The molecule has 1 unspecified atom stereocenters. The molecule has 2 heterocycles. The van der Waals surface area contributed by atoms with E-state index < -0.39 is 29.3 Å². The first-order chi connectivity index (χ1) is 18.9. The summed E-state index contributed by atoms with van der Waals surface area (Å²) in [5, 5.41) is 11.2. The molecule has 1 saturated heterocycles. The van der Waals surface area contributed by atoms with Gasteiger partial charge in [-0.25, -0.2) is 4.39 Å². The number of furan rings is 1. The number of nitrogens with zero attached hydrogens (tertiary/aromatic N) is 1. The summed E-state index contributed by atoms with van der Waals surface area (Å²) in [6, 6.07) is 21.2. The zero-order valence-corrected chi connectivity index (χ0v) is 21.4. The molecule has 8 heteroatoms. The standard InChI is InChI=1S/C31H26FNO6/c1-19-10-11-22(15-24(19)32)29(34)27-28(33(31(36)30(27)35)17-23-9-6-14-38-23)21-12-13-25(26(16-21)37-2)39-18-20-7-4-3-5-8-20/h3-16,28,34H,17-18H2,1-2H3/b29-27-. The van der Waals surface area contributed by atoms with Crippen molar-refractivity contribution in [2.75, 3.05) is 7.11 Å². The van der Waals surface area contributed by atoms with Gasteiger partial charge in [-0.2, -0.15) is 0 Å². The number of likely N-dealkylation sites (tertiary alicyclic amines) is 1. The Balaban J connectivity index is 1.58. The van der Waals surface area contributed by atoms with Crippen LogP contribution in [0.5, 0.6) is 11.5 Å². The van der Waals surface area contributed by atoms with Gasteiger partial charge in [0.2, 0.25) is 0 Å². The number of ketones is 1. The van der Waals surface area contributed by atoms with Crippen molar-refractivity contribution in [1.29, 1.82) is 0 Å². The fourth-order valence-corrected chi connectivity index (χ4v) is 4.56. The van der Waals surface area contributed by atoms with Crippen LogP contribution in [-0.2, 0) is 22.7 Å². The first-order valence-electron chi connectivity index (χ1n) is 12.3. The van der Waals surface area contributed by atoms with Crippen molar-refractivity contribution in [3.05, 3.63) is 125 Å². The Bertz CT molecular complexity index is 1540. The second-order valence-electron chi connectivity index (χ2n) is 9.15. The Morgan fingerprint density at radius 2 is 1.79 bits per heavy atom. The summed E-state index contributed by atoms with van der Waals surface area (Å²) >= 11 is 0. The number of hydrogen-bond donors (Lipinski definition) is 1. The summed E-state index contributed by atoms with van der Waals surface area (Å²) in [6.07, 6.45) is 1.47. The molecular formula is C31H26FNO6. The van der Waals surface area contributed by atoms with E-state index in [9.17, 15) is 19.1 Å². The van der Waals surface area contributed by atoms with Gasteiger partial charge in [0.15, 0.2) is 11.5 Å². The predicted octanol–water partition coefficient (Wildman–Crippen LogP) is 5.94. The van der Waals surface area contributed by atoms with Crippen molar-refractivity contribution in [3.8, 4) is 11.5 Å². The van der Waals surface area contributed by atoms with Crippen LogP contribution in [0.15, 0.2) is 95.1 Å². The molecule has 0 aliphatic carbocycles. The van der Waals surface area contributed by atoms with Gasteiger partial charge in [0, 0.05) is 5.56 Å². The van der Waals surface area contributed by atoms with Gasteiger partial charge >= 0.3 is 0 Å². The zero-order chi connectivity index (χ0) is 27.5. The van der Waals surface area contributed by atoms with E-state index in [-0.39, 0.29) is 17.7 Å². The number of benzene rings is 3. The van der Waals surface area contributed by atoms with E-state index in [1.54, 1.807) is 37.3 Å². The van der Waals surface area contributed by atoms with Crippen LogP contribution in [0.25, 0.3) is 5.76 Å². The number of carbonyl (C=O) groups excluding carboxylic acids is 2. The summed E-state index contributed by atoms with van der Waals surface area (Å²) in [5.41, 5.74) is 1.79. The molecule has 3 aromatic carbocycles. The van der Waals surface area contributed by atoms with E-state index in [0.717, 1.165) is 11.6 Å². The van der Waals surface area contributed by atoms with Crippen LogP contribution >= 0.6 is 0 Å². The molecule has 1 atom stereocenters. The lowest BCUT2D eigenvalue weighted by Gasteiger charge is -2.25. The quantitative estimate of drug-likeness (QED) is 0.173. The highest BCUT2D eigenvalue weighted by Crippen LogP contribution is 2.43. The molecule has 1 aromatic heterocycles. The molecule has 1 aliphatic rings. The van der Waals surface area contributed by atoms with Crippen molar-refractivity contribution < 1.29 is 33.0 Å². The van der Waals surface area contributed by atoms with E-state index in [4.69, 9.17) is 13.9 Å². The summed E-state index contributed by atoms with van der Waals surface area (Å²) in [7, 11) is 1.49. The van der Waals surface area contributed by atoms with Crippen LogP contribution in [0.4, 0.5) is 4.39 Å². The van der Waals surface area contributed by atoms with Gasteiger partial charge in [-0.1, -0.05) is 48.5 Å². The molecule has 1 aliphatic heterocycles. The number of methoxy groups -OCH3 is 1. The van der Waals surface area contributed by atoms with Crippen molar-refractivity contribution >= 4 is 17.4 Å². The number of ether oxygens (including phenoxy) is 2. The molecular weight excluding hydrogens is 501 g/mol. The molecule has 0 saturated carbocycles. The highest BCUT2D eigenvalue weighted by Gasteiger charge is 2.46. The maximum Gasteiger partial charge on any atom is 0.296 e. The Morgan fingerprint density at radius 3 is 2.49 bits per heavy atom. The molecule has 1 fully saturated rings. The number of Topliss-reactive ketones (excluding diaryl/α,β-unsaturated/α-hetero) is 1. The summed E-state index contributed by atoms with van der Waals surface area (Å²) in [4.78, 5) is 27.8. The Morgan fingerprint density at radius 1 is 1.00 bits per heavy atom. The van der Waals surface area contributed by atoms with Crippen LogP contribution in [0.2, 0.25) is 0 Å². The number of aliphatic hydroxyl groups excluding tert-OH is 1. The third-order valence-electron chi connectivity index (χ3n) is 6.63. The van der Waals surface area contributed by atoms with Crippen LogP contribution < -0.4 is 9.47 Å². The number of aryl methyl sites for hydroxylation is 1. The third-order valence-corrected chi connectivity index (χ3v) is 6.63. The number of hydrogen-bond acceptors (Lipinski definition) is 6. The van der Waals surface area contributed by atoms with Crippen molar-refractivity contribution in [1.82, 2.24) is 4.90 Å². The van der Waals surface area contributed by atoms with Crippen LogP contribution in [0.3, 0.4) is 0 Å². The predicted molar refractivity (Wildman–Crippen MR) is 141 cm³/mol.